The number of fused-ring (bicyclic) bond motifs is 2. The summed E-state index contributed by atoms with van der Waals surface area (Å²) >= 11 is 1.17. The van der Waals surface area contributed by atoms with Crippen molar-refractivity contribution in [3.63, 3.8) is 0 Å². The van der Waals surface area contributed by atoms with Gasteiger partial charge in [-0.15, -0.1) is 11.3 Å². The smallest absolute Gasteiger partial charge is 0.244 e. The molecule has 0 radical (unpaired) electrons. The molecule has 1 aliphatic carbocycles. The van der Waals surface area contributed by atoms with E-state index in [1.807, 2.05) is 141 Å². The molecule has 4 aromatic carbocycles. The summed E-state index contributed by atoms with van der Waals surface area (Å²) < 4.78 is 85.1. The molecule has 3 aliphatic rings. The number of carbonyl (C=O) groups is 3. The van der Waals surface area contributed by atoms with Crippen LogP contribution in [0.15, 0.2) is 147 Å². The number of thiazole rings is 1. The number of likely N-dealkylation sites (tertiary alicyclic amines) is 1. The molecule has 1 fully saturated rings. The number of hydrogen-bond acceptors (Lipinski definition) is 13. The standard InChI is InChI=1S/C65H79N11O9S3/c1-7-75(8-2)48-24-27-53-58(36-48)85-59-37-49(76(9-3)10-4)25-28-54(59)62(53)55-29-26-52(39-60(55)88(82,83)84)87(80,81)67-32-18-17-23-56(69-61(77)38-51-43-86-65(66)72(51)6)63(78)70-57(35-50-42-74(44-71(50)5)41-46-21-15-12-16-22-46)64(79)68-47-30-33-73(34-31-47)40-45-19-13-11-14-20-45/h11-16,19-22,24-29,36-37,39,42-44,47,56-57,66-67H,7-10,17-18,23,30-35,38,40-41H2,1-6H3,(H2-2,68,69,70,77,78,79,82,83,84)/p+1/t56-,57-/m0/s1. The topological polar surface area (TPSA) is 251 Å². The first-order chi connectivity index (χ1) is 42.2. The molecular formula is C65H80N11O9S3+. The molecule has 88 heavy (non-hydrogen) atoms. The van der Waals surface area contributed by atoms with Gasteiger partial charge in [-0.25, -0.2) is 35.3 Å². The zero-order valence-electron chi connectivity index (χ0n) is 50.8. The van der Waals surface area contributed by atoms with Gasteiger partial charge in [0, 0.05) is 110 Å². The second-order valence-electron chi connectivity index (χ2n) is 22.4. The third-order valence-corrected chi connectivity index (χ3v) is 19.7. The number of carbonyl (C=O) groups excluding carboxylic acids is 3. The predicted molar refractivity (Wildman–Crippen MR) is 340 cm³/mol. The fraction of sp³-hybridized carbons (Fsp3) is 0.385. The molecule has 0 spiro atoms. The van der Waals surface area contributed by atoms with E-state index in [0.29, 0.717) is 52.9 Å². The van der Waals surface area contributed by atoms with Crippen molar-refractivity contribution in [2.24, 2.45) is 14.1 Å². The van der Waals surface area contributed by atoms with Crippen LogP contribution in [0, 0.1) is 5.41 Å². The van der Waals surface area contributed by atoms with Crippen molar-refractivity contribution in [3.8, 4) is 22.5 Å². The highest BCUT2D eigenvalue weighted by molar-refractivity contribution is 7.89. The number of sulfonamides is 1. The monoisotopic (exact) mass is 1250 g/mol. The van der Waals surface area contributed by atoms with Gasteiger partial charge >= 0.3 is 0 Å². The van der Waals surface area contributed by atoms with Crippen LogP contribution in [0.5, 0.6) is 0 Å². The molecule has 0 bridgehead atoms. The van der Waals surface area contributed by atoms with Crippen LogP contribution < -0.4 is 44.9 Å². The van der Waals surface area contributed by atoms with Crippen molar-refractivity contribution >= 4 is 65.9 Å². The average molecular weight is 1260 g/mol. The fourth-order valence-corrected chi connectivity index (χ4v) is 14.2. The van der Waals surface area contributed by atoms with Crippen LogP contribution >= 0.6 is 11.3 Å². The van der Waals surface area contributed by atoms with E-state index in [-0.39, 0.29) is 61.0 Å². The number of nitrogens with zero attached hydrogens (tertiary/aromatic N) is 6. The zero-order valence-corrected chi connectivity index (χ0v) is 53.3. The van der Waals surface area contributed by atoms with Crippen LogP contribution in [0.1, 0.15) is 82.3 Å². The molecule has 6 aromatic rings. The number of piperidine rings is 1. The molecule has 5 N–H and O–H groups in total. The first-order valence-electron chi connectivity index (χ1n) is 30.1. The van der Waals surface area contributed by atoms with E-state index < -0.39 is 53.8 Å². The molecule has 2 aliphatic heterocycles. The Bertz CT molecular complexity index is 4090. The Morgan fingerprint density at radius 1 is 0.807 bits per heavy atom. The van der Waals surface area contributed by atoms with Gasteiger partial charge in [-0.05, 0) is 101 Å². The van der Waals surface area contributed by atoms with Crippen LogP contribution in [-0.2, 0) is 74.6 Å². The molecule has 4 heterocycles. The van der Waals surface area contributed by atoms with Gasteiger partial charge in [0.2, 0.25) is 39.4 Å². The highest BCUT2D eigenvalue weighted by Gasteiger charge is 2.32. The van der Waals surface area contributed by atoms with E-state index in [1.165, 1.54) is 29.0 Å². The number of aromatic nitrogens is 3. The summed E-state index contributed by atoms with van der Waals surface area (Å²) in [6.45, 7) is 13.8. The summed E-state index contributed by atoms with van der Waals surface area (Å²) in [6.07, 6.45) is 5.72. The average Bonchev–Trinajstić information content (AvgIpc) is 3.58. The van der Waals surface area contributed by atoms with E-state index in [1.54, 1.807) is 17.0 Å². The van der Waals surface area contributed by atoms with E-state index in [4.69, 9.17) is 9.83 Å². The van der Waals surface area contributed by atoms with Crippen molar-refractivity contribution < 1.29 is 44.8 Å². The number of rotatable bonds is 27. The number of unbranched alkanes of at least 4 members (excludes halogenated alkanes) is 1. The lowest BCUT2D eigenvalue weighted by atomic mass is 9.93. The second-order valence-corrected chi connectivity index (χ2v) is 26.4. The van der Waals surface area contributed by atoms with Crippen LogP contribution in [-0.4, -0.2) is 117 Å². The number of hydrogen-bond donors (Lipinski definition) is 5. The molecule has 2 atom stereocenters. The van der Waals surface area contributed by atoms with Crippen molar-refractivity contribution in [3.05, 3.63) is 166 Å². The molecule has 1 saturated heterocycles. The van der Waals surface area contributed by atoms with Crippen LogP contribution in [0.2, 0.25) is 0 Å². The summed E-state index contributed by atoms with van der Waals surface area (Å²) in [6, 6.07) is 32.6. The summed E-state index contributed by atoms with van der Waals surface area (Å²) in [7, 11) is -6.19. The van der Waals surface area contributed by atoms with E-state index in [9.17, 15) is 35.8 Å². The maximum atomic E-state index is 14.7. The summed E-state index contributed by atoms with van der Waals surface area (Å²) in [5.41, 5.74) is 5.90. The second kappa shape index (κ2) is 29.0. The van der Waals surface area contributed by atoms with E-state index in [2.05, 4.69) is 47.2 Å². The summed E-state index contributed by atoms with van der Waals surface area (Å²) in [5.74, 6) is -1.02. The van der Waals surface area contributed by atoms with Crippen LogP contribution in [0.3, 0.4) is 0 Å². The predicted octanol–water partition coefficient (Wildman–Crippen LogP) is 6.01. The first-order valence-corrected chi connectivity index (χ1v) is 33.9. The highest BCUT2D eigenvalue weighted by Crippen LogP contribution is 2.43. The van der Waals surface area contributed by atoms with Gasteiger partial charge in [0.15, 0.2) is 4.80 Å². The lowest BCUT2D eigenvalue weighted by Gasteiger charge is -2.33. The number of imidazole rings is 1. The zero-order chi connectivity index (χ0) is 62.7. The lowest BCUT2D eigenvalue weighted by Crippen LogP contribution is -2.56. The van der Waals surface area contributed by atoms with Gasteiger partial charge < -0.3 is 34.4 Å². The number of nitrogens with one attached hydrogen (secondary N) is 5. The van der Waals surface area contributed by atoms with Crippen molar-refractivity contribution in [2.75, 3.05) is 50.7 Å². The van der Waals surface area contributed by atoms with Gasteiger partial charge in [-0.3, -0.25) is 24.7 Å². The minimum Gasteiger partial charge on any atom is -0.744 e. The molecule has 2 aromatic heterocycles. The van der Waals surface area contributed by atoms with E-state index >= 15 is 0 Å². The van der Waals surface area contributed by atoms with Crippen molar-refractivity contribution in [1.82, 2.24) is 39.3 Å². The Morgan fingerprint density at radius 2 is 1.50 bits per heavy atom. The Balaban J connectivity index is 0.939. The number of anilines is 1. The van der Waals surface area contributed by atoms with Gasteiger partial charge in [0.25, 0.3) is 0 Å². The largest absolute Gasteiger partial charge is 0.744 e. The lowest BCUT2D eigenvalue weighted by molar-refractivity contribution is -0.688. The minimum atomic E-state index is -5.30. The van der Waals surface area contributed by atoms with Crippen LogP contribution in [0.4, 0.5) is 5.69 Å². The number of aryl methyl sites for hydroxylation is 1. The minimum absolute atomic E-state index is 0.0140. The Labute approximate surface area is 519 Å². The van der Waals surface area contributed by atoms with Gasteiger partial charge in [0.05, 0.1) is 29.3 Å². The molecule has 23 heteroatoms. The summed E-state index contributed by atoms with van der Waals surface area (Å²) in [4.78, 5) is 46.7. The molecule has 0 saturated carbocycles. The summed E-state index contributed by atoms with van der Waals surface area (Å²) in [5, 5.41) is 20.4. The number of benzene rings is 5. The van der Waals surface area contributed by atoms with Gasteiger partial charge in [0.1, 0.15) is 65.1 Å². The maximum Gasteiger partial charge on any atom is 0.244 e. The van der Waals surface area contributed by atoms with Crippen molar-refractivity contribution in [2.45, 2.75) is 114 Å². The third-order valence-electron chi connectivity index (χ3n) is 16.5. The molecule has 20 nitrogen and oxygen atoms in total. The Hall–Kier alpha value is -7.80. The quantitative estimate of drug-likeness (QED) is 0.0173. The molecule has 9 rings (SSSR count). The normalized spacial score (nSPS) is 14.0. The number of amides is 3. The Morgan fingerprint density at radius 3 is 2.16 bits per heavy atom. The molecule has 0 unspecified atom stereocenters. The SMILES string of the molecule is CCN(CC)c1ccc2c(-c3ccc(S(=O)(=O)NCCCC[C@H](NC(=O)Cc4csc(=N)n4C)C(=O)N[C@@H](Cc4c[n+](Cc5ccccc5)cn4C)C(=O)NC4CCN(Cc5ccccc5)CC4)cc3S(=O)(=O)[O-])c3ccc(=[N+](CC)CC)cc-3oc2c1. The van der Waals surface area contributed by atoms with E-state index in [0.717, 1.165) is 74.2 Å². The first kappa shape index (κ1) is 64.7. The van der Waals surface area contributed by atoms with Gasteiger partial charge in [-0.2, -0.15) is 0 Å². The molecule has 3 amide bonds. The Kier molecular flexibility index (Phi) is 21.3. The van der Waals surface area contributed by atoms with Crippen LogP contribution in [0.25, 0.3) is 33.4 Å². The van der Waals surface area contributed by atoms with Gasteiger partial charge in [-0.1, -0.05) is 66.7 Å². The van der Waals surface area contributed by atoms with Crippen molar-refractivity contribution in [1.29, 1.82) is 5.41 Å². The molecular weight excluding hydrogens is 1170 g/mol. The maximum absolute atomic E-state index is 14.7. The third kappa shape index (κ3) is 15.9. The fourth-order valence-electron chi connectivity index (χ4n) is 11.6. The highest BCUT2D eigenvalue weighted by atomic mass is 32.2. The molecule has 466 valence electrons.